The summed E-state index contributed by atoms with van der Waals surface area (Å²) in [6.45, 7) is 5.26. The van der Waals surface area contributed by atoms with Crippen molar-refractivity contribution in [3.63, 3.8) is 0 Å². The fourth-order valence-corrected chi connectivity index (χ4v) is 3.87. The summed E-state index contributed by atoms with van der Waals surface area (Å²) in [7, 11) is -0.137. The van der Waals surface area contributed by atoms with Gasteiger partial charge in [-0.05, 0) is 45.0 Å². The first kappa shape index (κ1) is 25.8. The van der Waals surface area contributed by atoms with Gasteiger partial charge in [0.15, 0.2) is 17.6 Å². The number of sulfonamides is 1. The molecule has 0 saturated heterocycles. The monoisotopic (exact) mass is 480 g/mol. The molecule has 2 aromatic carbocycles. The Morgan fingerprint density at radius 2 is 1.48 bits per heavy atom. The van der Waals surface area contributed by atoms with Crippen molar-refractivity contribution in [1.29, 1.82) is 0 Å². The lowest BCUT2D eigenvalue weighted by atomic mass is 10.1. The predicted octanol–water partition coefficient (Wildman–Crippen LogP) is 2.58. The number of esters is 1. The maximum atomic E-state index is 12.9. The molecule has 2 aromatic rings. The molecule has 0 heterocycles. The van der Waals surface area contributed by atoms with Gasteiger partial charge in [-0.1, -0.05) is 0 Å². The first-order valence-corrected chi connectivity index (χ1v) is 11.4. The van der Waals surface area contributed by atoms with Crippen molar-refractivity contribution >= 4 is 27.6 Å². The van der Waals surface area contributed by atoms with Crippen LogP contribution in [0.1, 0.15) is 31.1 Å². The molecule has 0 saturated carbocycles. The van der Waals surface area contributed by atoms with E-state index in [1.807, 2.05) is 13.8 Å². The van der Waals surface area contributed by atoms with Gasteiger partial charge in [-0.2, -0.15) is 0 Å². The fraction of sp³-hybridized carbons (Fsp3) is 0.364. The minimum Gasteiger partial charge on any atom is -0.493 e. The third-order valence-electron chi connectivity index (χ3n) is 4.42. The number of methoxy groups -OCH3 is 3. The number of carbonyl (C=O) groups excluding carboxylic acids is 2. The van der Waals surface area contributed by atoms with Crippen molar-refractivity contribution in [2.24, 2.45) is 0 Å². The molecule has 11 heteroatoms. The van der Waals surface area contributed by atoms with Gasteiger partial charge in [-0.3, -0.25) is 9.52 Å². The third-order valence-corrected chi connectivity index (χ3v) is 5.80. The van der Waals surface area contributed by atoms with Crippen LogP contribution in [-0.4, -0.2) is 53.8 Å². The lowest BCUT2D eigenvalue weighted by molar-refractivity contribution is -0.127. The van der Waals surface area contributed by atoms with Gasteiger partial charge in [0.2, 0.25) is 0 Å². The summed E-state index contributed by atoms with van der Waals surface area (Å²) in [6, 6.07) is 8.13. The first-order chi connectivity index (χ1) is 15.5. The molecule has 0 unspecified atom stereocenters. The molecular weight excluding hydrogens is 452 g/mol. The Hall–Kier alpha value is -3.47. The topological polar surface area (TPSA) is 129 Å². The van der Waals surface area contributed by atoms with Crippen LogP contribution in [0.5, 0.6) is 17.2 Å². The van der Waals surface area contributed by atoms with E-state index in [-0.39, 0.29) is 39.6 Å². The molecule has 1 atom stereocenters. The average molecular weight is 481 g/mol. The number of ether oxygens (including phenoxy) is 4. The Morgan fingerprint density at radius 3 is 2.00 bits per heavy atom. The molecule has 180 valence electrons. The van der Waals surface area contributed by atoms with E-state index in [9.17, 15) is 18.0 Å². The minimum atomic E-state index is -4.09. The van der Waals surface area contributed by atoms with Gasteiger partial charge < -0.3 is 24.3 Å². The van der Waals surface area contributed by atoms with Crippen molar-refractivity contribution in [2.45, 2.75) is 37.8 Å². The highest BCUT2D eigenvalue weighted by Gasteiger charge is 2.23. The molecular formula is C22H28N2O8S. The van der Waals surface area contributed by atoms with Crippen LogP contribution in [0.15, 0.2) is 41.3 Å². The lowest BCUT2D eigenvalue weighted by Gasteiger charge is -2.17. The van der Waals surface area contributed by atoms with E-state index >= 15 is 0 Å². The predicted molar refractivity (Wildman–Crippen MR) is 122 cm³/mol. The molecule has 0 radical (unpaired) electrons. The highest BCUT2D eigenvalue weighted by Crippen LogP contribution is 2.35. The lowest BCUT2D eigenvalue weighted by Crippen LogP contribution is -2.40. The van der Waals surface area contributed by atoms with Crippen molar-refractivity contribution < 1.29 is 37.0 Å². The molecule has 0 aliphatic heterocycles. The summed E-state index contributed by atoms with van der Waals surface area (Å²) >= 11 is 0. The Balaban J connectivity index is 2.29. The Labute approximate surface area is 193 Å². The van der Waals surface area contributed by atoms with E-state index in [1.165, 1.54) is 57.7 Å². The second kappa shape index (κ2) is 10.9. The molecule has 33 heavy (non-hydrogen) atoms. The standard InChI is InChI=1S/C22H28N2O8S/c1-13(2)23-21(25)14(3)32-15-7-9-16(10-8-15)33(27,28)24-18-12-20(30-5)19(29-4)11-17(18)22(26)31-6/h7-14,24H,1-6H3,(H,23,25)/t14-/m1/s1. The van der Waals surface area contributed by atoms with Gasteiger partial charge in [0.25, 0.3) is 15.9 Å². The second-order valence-electron chi connectivity index (χ2n) is 7.24. The van der Waals surface area contributed by atoms with Crippen LogP contribution in [0.25, 0.3) is 0 Å². The van der Waals surface area contributed by atoms with Gasteiger partial charge in [0.1, 0.15) is 5.75 Å². The highest BCUT2D eigenvalue weighted by atomic mass is 32.2. The highest BCUT2D eigenvalue weighted by molar-refractivity contribution is 7.92. The van der Waals surface area contributed by atoms with E-state index < -0.39 is 22.1 Å². The van der Waals surface area contributed by atoms with Crippen molar-refractivity contribution in [2.75, 3.05) is 26.1 Å². The molecule has 0 fully saturated rings. The molecule has 0 aliphatic carbocycles. The largest absolute Gasteiger partial charge is 0.493 e. The van der Waals surface area contributed by atoms with Crippen molar-refractivity contribution in [3.8, 4) is 17.2 Å². The van der Waals surface area contributed by atoms with Crippen LogP contribution < -0.4 is 24.2 Å². The van der Waals surface area contributed by atoms with Crippen LogP contribution in [0.2, 0.25) is 0 Å². The number of benzene rings is 2. The van der Waals surface area contributed by atoms with Crippen LogP contribution in [0.4, 0.5) is 5.69 Å². The zero-order valence-electron chi connectivity index (χ0n) is 19.3. The van der Waals surface area contributed by atoms with Crippen molar-refractivity contribution in [3.05, 3.63) is 42.0 Å². The molecule has 2 rings (SSSR count). The molecule has 10 nitrogen and oxygen atoms in total. The number of nitrogens with one attached hydrogen (secondary N) is 2. The van der Waals surface area contributed by atoms with Crippen LogP contribution in [0.3, 0.4) is 0 Å². The SMILES string of the molecule is COC(=O)c1cc(OC)c(OC)cc1NS(=O)(=O)c1ccc(O[C@H](C)C(=O)NC(C)C)cc1. The number of amides is 1. The van der Waals surface area contributed by atoms with E-state index in [0.717, 1.165) is 0 Å². The second-order valence-corrected chi connectivity index (χ2v) is 8.93. The van der Waals surface area contributed by atoms with Crippen LogP contribution in [0, 0.1) is 0 Å². The molecule has 0 aliphatic rings. The van der Waals surface area contributed by atoms with E-state index in [1.54, 1.807) is 6.92 Å². The summed E-state index contributed by atoms with van der Waals surface area (Å²) in [5.41, 5.74) is -0.0949. The fourth-order valence-electron chi connectivity index (χ4n) is 2.80. The van der Waals surface area contributed by atoms with Gasteiger partial charge in [0, 0.05) is 18.2 Å². The van der Waals surface area contributed by atoms with Gasteiger partial charge >= 0.3 is 5.97 Å². The number of hydrogen-bond donors (Lipinski definition) is 2. The zero-order valence-corrected chi connectivity index (χ0v) is 20.1. The average Bonchev–Trinajstić information content (AvgIpc) is 2.77. The zero-order chi connectivity index (χ0) is 24.8. The molecule has 0 bridgehead atoms. The number of hydrogen-bond acceptors (Lipinski definition) is 8. The summed E-state index contributed by atoms with van der Waals surface area (Å²) in [5.74, 6) is -0.266. The smallest absolute Gasteiger partial charge is 0.340 e. The molecule has 0 spiro atoms. The summed E-state index contributed by atoms with van der Waals surface area (Å²) in [6.07, 6.45) is -0.762. The van der Waals surface area contributed by atoms with E-state index in [4.69, 9.17) is 18.9 Å². The first-order valence-electron chi connectivity index (χ1n) is 9.96. The summed E-state index contributed by atoms with van der Waals surface area (Å²) in [5, 5.41) is 2.74. The maximum absolute atomic E-state index is 12.9. The number of anilines is 1. The number of rotatable bonds is 10. The Bertz CT molecular complexity index is 1100. The Morgan fingerprint density at radius 1 is 0.909 bits per heavy atom. The number of carbonyl (C=O) groups is 2. The normalized spacial score (nSPS) is 12.0. The molecule has 1 amide bonds. The van der Waals surface area contributed by atoms with Crippen LogP contribution >= 0.6 is 0 Å². The molecule has 0 aromatic heterocycles. The van der Waals surface area contributed by atoms with Crippen molar-refractivity contribution in [1.82, 2.24) is 5.32 Å². The van der Waals surface area contributed by atoms with Gasteiger partial charge in [-0.25, -0.2) is 13.2 Å². The third kappa shape index (κ3) is 6.51. The molecule has 2 N–H and O–H groups in total. The maximum Gasteiger partial charge on any atom is 0.340 e. The minimum absolute atomic E-state index is 0.0337. The van der Waals surface area contributed by atoms with Crippen LogP contribution in [-0.2, 0) is 19.6 Å². The van der Waals surface area contributed by atoms with Gasteiger partial charge in [0.05, 0.1) is 37.5 Å². The van der Waals surface area contributed by atoms with E-state index in [0.29, 0.717) is 5.75 Å². The summed E-state index contributed by atoms with van der Waals surface area (Å²) < 4.78 is 48.9. The summed E-state index contributed by atoms with van der Waals surface area (Å²) in [4.78, 5) is 24.1. The Kier molecular flexibility index (Phi) is 8.52. The van der Waals surface area contributed by atoms with E-state index in [2.05, 4.69) is 10.0 Å². The van der Waals surface area contributed by atoms with Gasteiger partial charge in [-0.15, -0.1) is 0 Å². The quantitative estimate of drug-likeness (QED) is 0.497.